The Bertz CT molecular complexity index is 1190. The standard InChI is InChI=1S/C20H18FN3O5S/c1-28-15-6-8-16(9-7-15)29-10-19(25)22-20-17-11-30(26,27)12-18(17)23-24(20)14-4-2-13(21)3-5-14/h2-9H,10-12H2,1H3,(H,22,25). The molecule has 8 nitrogen and oxygen atoms in total. The van der Waals surface area contributed by atoms with Crippen LogP contribution in [0.5, 0.6) is 11.5 Å². The quantitative estimate of drug-likeness (QED) is 0.644. The van der Waals surface area contributed by atoms with Crippen molar-refractivity contribution in [3.8, 4) is 17.2 Å². The van der Waals surface area contributed by atoms with Crippen LogP contribution in [0, 0.1) is 5.82 Å². The summed E-state index contributed by atoms with van der Waals surface area (Å²) in [6.45, 7) is -0.289. The van der Waals surface area contributed by atoms with Crippen molar-refractivity contribution in [1.29, 1.82) is 0 Å². The van der Waals surface area contributed by atoms with Crippen LogP contribution in [0.25, 0.3) is 5.69 Å². The van der Waals surface area contributed by atoms with Crippen LogP contribution in [0.1, 0.15) is 11.3 Å². The van der Waals surface area contributed by atoms with E-state index in [4.69, 9.17) is 9.47 Å². The molecule has 0 spiro atoms. The SMILES string of the molecule is COc1ccc(OCC(=O)Nc2c3c(nn2-c2ccc(F)cc2)CS(=O)(=O)C3)cc1. The fraction of sp³-hybridized carbons (Fsp3) is 0.200. The van der Waals surface area contributed by atoms with E-state index >= 15 is 0 Å². The van der Waals surface area contributed by atoms with Crippen LogP contribution in [0.3, 0.4) is 0 Å². The predicted molar refractivity (Wildman–Crippen MR) is 107 cm³/mol. The van der Waals surface area contributed by atoms with Gasteiger partial charge in [0, 0.05) is 5.56 Å². The van der Waals surface area contributed by atoms with Crippen LogP contribution >= 0.6 is 0 Å². The zero-order valence-electron chi connectivity index (χ0n) is 16.0. The first kappa shape index (κ1) is 19.9. The van der Waals surface area contributed by atoms with Crippen LogP contribution in [-0.2, 0) is 26.1 Å². The lowest BCUT2D eigenvalue weighted by Gasteiger charge is -2.12. The first-order valence-corrected chi connectivity index (χ1v) is 10.8. The van der Waals surface area contributed by atoms with Crippen LogP contribution < -0.4 is 14.8 Å². The molecule has 156 valence electrons. The number of carbonyl (C=O) groups is 1. The molecule has 1 N–H and O–H groups in total. The molecule has 10 heteroatoms. The molecule has 1 aromatic heterocycles. The summed E-state index contributed by atoms with van der Waals surface area (Å²) in [5.41, 5.74) is 1.29. The molecule has 0 atom stereocenters. The van der Waals surface area contributed by atoms with Gasteiger partial charge < -0.3 is 14.8 Å². The molecular weight excluding hydrogens is 413 g/mol. The van der Waals surface area contributed by atoms with Crippen molar-refractivity contribution in [3.05, 3.63) is 65.6 Å². The smallest absolute Gasteiger partial charge is 0.263 e. The van der Waals surface area contributed by atoms with Gasteiger partial charge >= 0.3 is 0 Å². The fourth-order valence-corrected chi connectivity index (χ4v) is 4.62. The van der Waals surface area contributed by atoms with Gasteiger partial charge in [-0.3, -0.25) is 4.79 Å². The molecule has 1 aliphatic rings. The first-order chi connectivity index (χ1) is 14.3. The highest BCUT2D eigenvalue weighted by atomic mass is 32.2. The molecule has 1 aliphatic heterocycles. The van der Waals surface area contributed by atoms with Crippen LogP contribution in [0.15, 0.2) is 48.5 Å². The average molecular weight is 431 g/mol. The minimum atomic E-state index is -3.32. The Morgan fingerprint density at radius 3 is 2.43 bits per heavy atom. The van der Waals surface area contributed by atoms with Crippen molar-refractivity contribution >= 4 is 21.6 Å². The number of aromatic nitrogens is 2. The number of hydrogen-bond donors (Lipinski definition) is 1. The summed E-state index contributed by atoms with van der Waals surface area (Å²) in [4.78, 5) is 12.5. The molecule has 0 saturated carbocycles. The highest BCUT2D eigenvalue weighted by molar-refractivity contribution is 7.90. The highest BCUT2D eigenvalue weighted by Crippen LogP contribution is 2.33. The van der Waals surface area contributed by atoms with Crippen molar-refractivity contribution < 1.29 is 27.1 Å². The van der Waals surface area contributed by atoms with E-state index in [1.54, 1.807) is 31.4 Å². The van der Waals surface area contributed by atoms with E-state index < -0.39 is 21.6 Å². The molecule has 3 aromatic rings. The van der Waals surface area contributed by atoms with Gasteiger partial charge in [0.1, 0.15) is 23.1 Å². The molecule has 4 rings (SSSR count). The van der Waals surface area contributed by atoms with Crippen LogP contribution in [-0.4, -0.2) is 37.8 Å². The van der Waals surface area contributed by atoms with Crippen molar-refractivity contribution in [2.75, 3.05) is 19.0 Å². The van der Waals surface area contributed by atoms with E-state index in [1.807, 2.05) is 0 Å². The van der Waals surface area contributed by atoms with Crippen molar-refractivity contribution in [2.45, 2.75) is 11.5 Å². The summed E-state index contributed by atoms with van der Waals surface area (Å²) < 4.78 is 49.2. The third-order valence-corrected chi connectivity index (χ3v) is 5.99. The van der Waals surface area contributed by atoms with E-state index in [-0.39, 0.29) is 23.9 Å². The number of methoxy groups -OCH3 is 1. The minimum Gasteiger partial charge on any atom is -0.497 e. The summed E-state index contributed by atoms with van der Waals surface area (Å²) in [5, 5.41) is 7.01. The second-order valence-electron chi connectivity index (χ2n) is 6.71. The number of benzene rings is 2. The Morgan fingerprint density at radius 2 is 1.77 bits per heavy atom. The Hall–Kier alpha value is -3.40. The molecule has 0 fully saturated rings. The predicted octanol–water partition coefficient (Wildman–Crippen LogP) is 2.47. The molecule has 1 amide bonds. The van der Waals surface area contributed by atoms with E-state index in [1.165, 1.54) is 28.9 Å². The molecule has 0 saturated heterocycles. The molecule has 30 heavy (non-hydrogen) atoms. The normalized spacial score (nSPS) is 14.2. The van der Waals surface area contributed by atoms with Gasteiger partial charge in [0.05, 0.1) is 30.0 Å². The number of sulfone groups is 1. The summed E-state index contributed by atoms with van der Waals surface area (Å²) in [5.74, 6) is 0.0412. The van der Waals surface area contributed by atoms with Crippen LogP contribution in [0.2, 0.25) is 0 Å². The lowest BCUT2D eigenvalue weighted by atomic mass is 10.2. The Labute approximate surface area is 172 Å². The molecule has 2 heterocycles. The molecule has 0 radical (unpaired) electrons. The lowest BCUT2D eigenvalue weighted by molar-refractivity contribution is -0.118. The van der Waals surface area contributed by atoms with Gasteiger partial charge in [-0.05, 0) is 48.5 Å². The largest absolute Gasteiger partial charge is 0.497 e. The number of amides is 1. The topological polar surface area (TPSA) is 99.5 Å². The van der Waals surface area contributed by atoms with E-state index in [0.29, 0.717) is 28.4 Å². The highest BCUT2D eigenvalue weighted by Gasteiger charge is 2.33. The first-order valence-electron chi connectivity index (χ1n) is 8.98. The zero-order valence-corrected chi connectivity index (χ0v) is 16.8. The maximum Gasteiger partial charge on any atom is 0.263 e. The van der Waals surface area contributed by atoms with Gasteiger partial charge in [-0.25, -0.2) is 17.5 Å². The molecule has 0 unspecified atom stereocenters. The van der Waals surface area contributed by atoms with Crippen molar-refractivity contribution in [1.82, 2.24) is 9.78 Å². The van der Waals surface area contributed by atoms with E-state index in [0.717, 1.165) is 0 Å². The van der Waals surface area contributed by atoms with Gasteiger partial charge in [-0.1, -0.05) is 0 Å². The number of hydrogen-bond acceptors (Lipinski definition) is 6. The van der Waals surface area contributed by atoms with Gasteiger partial charge in [-0.15, -0.1) is 0 Å². The van der Waals surface area contributed by atoms with Gasteiger partial charge in [0.15, 0.2) is 16.4 Å². The third-order valence-electron chi connectivity index (χ3n) is 4.55. The Balaban J connectivity index is 1.56. The lowest BCUT2D eigenvalue weighted by Crippen LogP contribution is -2.22. The van der Waals surface area contributed by atoms with E-state index in [9.17, 15) is 17.6 Å². The number of halogens is 1. The second-order valence-corrected chi connectivity index (χ2v) is 8.77. The summed E-state index contributed by atoms with van der Waals surface area (Å²) >= 11 is 0. The third kappa shape index (κ3) is 4.13. The summed E-state index contributed by atoms with van der Waals surface area (Å²) in [7, 11) is -1.77. The fourth-order valence-electron chi connectivity index (χ4n) is 3.13. The molecule has 2 aromatic carbocycles. The van der Waals surface area contributed by atoms with Gasteiger partial charge in [0.25, 0.3) is 5.91 Å². The molecular formula is C20H18FN3O5S. The Kier molecular flexibility index (Phi) is 5.17. The maximum atomic E-state index is 13.3. The van der Waals surface area contributed by atoms with Crippen molar-refractivity contribution in [3.63, 3.8) is 0 Å². The number of anilines is 1. The minimum absolute atomic E-state index is 0.207. The zero-order chi connectivity index (χ0) is 21.3. The maximum absolute atomic E-state index is 13.3. The van der Waals surface area contributed by atoms with Gasteiger partial charge in [-0.2, -0.15) is 5.10 Å². The number of fused-ring (bicyclic) bond motifs is 1. The summed E-state index contributed by atoms with van der Waals surface area (Å²) in [6, 6.07) is 12.3. The number of nitrogens with zero attached hydrogens (tertiary/aromatic N) is 2. The monoisotopic (exact) mass is 431 g/mol. The van der Waals surface area contributed by atoms with Crippen molar-refractivity contribution in [2.24, 2.45) is 0 Å². The Morgan fingerprint density at radius 1 is 1.10 bits per heavy atom. The molecule has 0 bridgehead atoms. The number of nitrogens with one attached hydrogen (secondary N) is 1. The van der Waals surface area contributed by atoms with Crippen LogP contribution in [0.4, 0.5) is 10.2 Å². The van der Waals surface area contributed by atoms with Gasteiger partial charge in [0.2, 0.25) is 0 Å². The average Bonchev–Trinajstić information content (AvgIpc) is 3.20. The second kappa shape index (κ2) is 7.79. The molecule has 0 aliphatic carbocycles. The van der Waals surface area contributed by atoms with E-state index in [2.05, 4.69) is 10.4 Å². The number of ether oxygens (including phenoxy) is 2. The number of rotatable bonds is 6. The summed E-state index contributed by atoms with van der Waals surface area (Å²) in [6.07, 6.45) is 0. The number of carbonyl (C=O) groups excluding carboxylic acids is 1.